The first kappa shape index (κ1) is 28.1. The van der Waals surface area contributed by atoms with Crippen molar-refractivity contribution >= 4 is 39.1 Å². The van der Waals surface area contributed by atoms with Gasteiger partial charge in [-0.05, 0) is 64.0 Å². The highest BCUT2D eigenvalue weighted by molar-refractivity contribution is 7.13. The van der Waals surface area contributed by atoms with Crippen molar-refractivity contribution < 1.29 is 14.3 Å². The van der Waals surface area contributed by atoms with Gasteiger partial charge in [-0.2, -0.15) is 0 Å². The molecule has 0 fully saturated rings. The molecule has 0 saturated carbocycles. The first-order valence-electron chi connectivity index (χ1n) is 12.3. The van der Waals surface area contributed by atoms with Gasteiger partial charge in [0.25, 0.3) is 5.56 Å². The van der Waals surface area contributed by atoms with E-state index in [0.717, 1.165) is 51.0 Å². The number of hydrogen-bond donors (Lipinski definition) is 1. The zero-order chi connectivity index (χ0) is 27.3. The molecule has 0 saturated heterocycles. The quantitative estimate of drug-likeness (QED) is 0.237. The molecule has 3 heterocycles. The molecule has 0 radical (unpaired) electrons. The van der Waals surface area contributed by atoms with Crippen molar-refractivity contribution in [3.63, 3.8) is 0 Å². The number of benzene rings is 1. The summed E-state index contributed by atoms with van der Waals surface area (Å²) in [5.74, 6) is 1.45. The third-order valence-electron chi connectivity index (χ3n) is 5.70. The van der Waals surface area contributed by atoms with Crippen LogP contribution in [0.1, 0.15) is 53.2 Å². The average Bonchev–Trinajstić information content (AvgIpc) is 3.33. The molecule has 2 N–H and O–H groups in total. The third-order valence-corrected chi connectivity index (χ3v) is 6.50. The molecular weight excluding hydrogens is 488 g/mol. The normalized spacial score (nSPS) is 11.5. The van der Waals surface area contributed by atoms with E-state index >= 15 is 0 Å². The molecule has 4 rings (SSSR count). The summed E-state index contributed by atoms with van der Waals surface area (Å²) < 4.78 is 12.5. The van der Waals surface area contributed by atoms with E-state index < -0.39 is 11.7 Å². The fourth-order valence-electron chi connectivity index (χ4n) is 4.04. The SMILES string of the molecule is CC(C)(C)OC(N)=O.Cc1nccc2c1c(=O)n(C)c1cc(OCCCC(C)C)c(-c3cncs3)cc21. The maximum absolute atomic E-state index is 13.0. The predicted octanol–water partition coefficient (Wildman–Crippen LogP) is 6.21. The van der Waals surface area contributed by atoms with Crippen LogP contribution in [-0.4, -0.2) is 32.8 Å². The molecule has 8 nitrogen and oxygen atoms in total. The minimum atomic E-state index is -0.725. The van der Waals surface area contributed by atoms with Crippen LogP contribution in [0.2, 0.25) is 0 Å². The molecule has 9 heteroatoms. The summed E-state index contributed by atoms with van der Waals surface area (Å²) >= 11 is 1.59. The van der Waals surface area contributed by atoms with Gasteiger partial charge in [0, 0.05) is 36.5 Å². The lowest BCUT2D eigenvalue weighted by atomic mass is 10.0. The van der Waals surface area contributed by atoms with Gasteiger partial charge in [-0.25, -0.2) is 4.79 Å². The van der Waals surface area contributed by atoms with Crippen LogP contribution in [0.15, 0.2) is 40.9 Å². The van der Waals surface area contributed by atoms with E-state index in [2.05, 4.69) is 34.6 Å². The minimum Gasteiger partial charge on any atom is -0.493 e. The van der Waals surface area contributed by atoms with E-state index in [1.54, 1.807) is 42.9 Å². The van der Waals surface area contributed by atoms with Crippen molar-refractivity contribution in [3.05, 3.63) is 52.2 Å². The van der Waals surface area contributed by atoms with Gasteiger partial charge >= 0.3 is 6.09 Å². The number of nitrogens with zero attached hydrogens (tertiary/aromatic N) is 3. The lowest BCUT2D eigenvalue weighted by Gasteiger charge is -2.16. The molecule has 0 atom stereocenters. The number of thiazole rings is 1. The second-order valence-electron chi connectivity index (χ2n) is 10.3. The molecule has 0 spiro atoms. The van der Waals surface area contributed by atoms with E-state index in [-0.39, 0.29) is 5.56 Å². The van der Waals surface area contributed by atoms with Gasteiger partial charge in [0.05, 0.1) is 33.6 Å². The van der Waals surface area contributed by atoms with Crippen molar-refractivity contribution in [2.75, 3.05) is 6.61 Å². The van der Waals surface area contributed by atoms with Crippen molar-refractivity contribution in [1.82, 2.24) is 14.5 Å². The molecule has 37 heavy (non-hydrogen) atoms. The topological polar surface area (TPSA) is 109 Å². The first-order chi connectivity index (χ1) is 17.4. The summed E-state index contributed by atoms with van der Waals surface area (Å²) in [7, 11) is 1.81. The Labute approximate surface area is 221 Å². The molecule has 1 amide bonds. The summed E-state index contributed by atoms with van der Waals surface area (Å²) in [6.45, 7) is 12.3. The standard InChI is InChI=1S/C23H25N3O2S.C5H11NO2/c1-14(2)6-5-9-28-20-11-19-17(10-18(20)21-12-24-13-29-21)16-7-8-25-15(3)22(16)23(27)26(19)4;1-5(2,3)8-4(6)7/h7-8,10-14H,5-6,9H2,1-4H3;1-3H3,(H2,6,7). The molecule has 1 aromatic carbocycles. The molecule has 0 aliphatic heterocycles. The second-order valence-corrected chi connectivity index (χ2v) is 11.2. The van der Waals surface area contributed by atoms with E-state index in [9.17, 15) is 9.59 Å². The summed E-state index contributed by atoms with van der Waals surface area (Å²) in [5, 5.41) is 2.61. The smallest absolute Gasteiger partial charge is 0.405 e. The molecule has 0 aliphatic carbocycles. The number of aromatic nitrogens is 3. The third kappa shape index (κ3) is 7.07. The molecule has 0 bridgehead atoms. The van der Waals surface area contributed by atoms with Crippen LogP contribution < -0.4 is 16.0 Å². The van der Waals surface area contributed by atoms with Gasteiger partial charge in [0.2, 0.25) is 0 Å². The Balaban J connectivity index is 0.000000414. The number of fused-ring (bicyclic) bond motifs is 3. The van der Waals surface area contributed by atoms with Gasteiger partial charge in [-0.3, -0.25) is 14.8 Å². The Morgan fingerprint density at radius 2 is 1.95 bits per heavy atom. The lowest BCUT2D eigenvalue weighted by molar-refractivity contribution is 0.0600. The number of ether oxygens (including phenoxy) is 2. The highest BCUT2D eigenvalue weighted by Gasteiger charge is 2.17. The Morgan fingerprint density at radius 1 is 1.22 bits per heavy atom. The molecule has 0 unspecified atom stereocenters. The maximum Gasteiger partial charge on any atom is 0.405 e. The fourth-order valence-corrected chi connectivity index (χ4v) is 4.68. The van der Waals surface area contributed by atoms with Crippen LogP contribution in [0, 0.1) is 12.8 Å². The highest BCUT2D eigenvalue weighted by Crippen LogP contribution is 2.38. The number of carbonyl (C=O) groups excluding carboxylic acids is 1. The number of pyridine rings is 2. The van der Waals surface area contributed by atoms with Crippen LogP contribution in [0.3, 0.4) is 0 Å². The van der Waals surface area contributed by atoms with Gasteiger partial charge < -0.3 is 19.8 Å². The number of amides is 1. The number of hydrogen-bond acceptors (Lipinski definition) is 7. The van der Waals surface area contributed by atoms with Crippen LogP contribution in [-0.2, 0) is 11.8 Å². The fraction of sp³-hybridized carbons (Fsp3) is 0.429. The van der Waals surface area contributed by atoms with Crippen LogP contribution in [0.4, 0.5) is 4.79 Å². The van der Waals surface area contributed by atoms with Crippen LogP contribution in [0.25, 0.3) is 32.1 Å². The van der Waals surface area contributed by atoms with Crippen molar-refractivity contribution in [2.45, 2.75) is 60.0 Å². The van der Waals surface area contributed by atoms with Gasteiger partial charge in [-0.1, -0.05) is 13.8 Å². The van der Waals surface area contributed by atoms with Gasteiger partial charge in [-0.15, -0.1) is 11.3 Å². The van der Waals surface area contributed by atoms with E-state index in [1.807, 2.05) is 37.8 Å². The predicted molar refractivity (Wildman–Crippen MR) is 150 cm³/mol. The minimum absolute atomic E-state index is 0.0330. The second kappa shape index (κ2) is 11.7. The Kier molecular flexibility index (Phi) is 8.91. The monoisotopic (exact) mass is 524 g/mol. The maximum atomic E-state index is 13.0. The first-order valence-corrected chi connectivity index (χ1v) is 13.2. The number of aryl methyl sites for hydroxylation is 2. The van der Waals surface area contributed by atoms with Crippen LogP contribution in [0.5, 0.6) is 5.75 Å². The number of carbonyl (C=O) groups is 1. The van der Waals surface area contributed by atoms with E-state index in [0.29, 0.717) is 17.9 Å². The molecule has 4 aromatic rings. The largest absolute Gasteiger partial charge is 0.493 e. The Hall–Kier alpha value is -3.46. The van der Waals surface area contributed by atoms with E-state index in [4.69, 9.17) is 10.5 Å². The summed E-state index contributed by atoms with van der Waals surface area (Å²) in [5.41, 5.74) is 8.68. The number of rotatable bonds is 6. The average molecular weight is 525 g/mol. The molecular formula is C28H36N4O4S. The van der Waals surface area contributed by atoms with Crippen LogP contribution >= 0.6 is 11.3 Å². The highest BCUT2D eigenvalue weighted by atomic mass is 32.1. The van der Waals surface area contributed by atoms with Crippen molar-refractivity contribution in [2.24, 2.45) is 18.7 Å². The van der Waals surface area contributed by atoms with E-state index in [1.165, 1.54) is 0 Å². The van der Waals surface area contributed by atoms with Crippen molar-refractivity contribution in [1.29, 1.82) is 0 Å². The van der Waals surface area contributed by atoms with Gasteiger partial charge in [0.15, 0.2) is 0 Å². The molecule has 3 aromatic heterocycles. The lowest BCUT2D eigenvalue weighted by Crippen LogP contribution is -2.27. The van der Waals surface area contributed by atoms with Crippen molar-refractivity contribution in [3.8, 4) is 16.2 Å². The Bertz CT molecular complexity index is 1440. The zero-order valence-corrected chi connectivity index (χ0v) is 23.4. The number of primary amides is 1. The molecule has 0 aliphatic rings. The summed E-state index contributed by atoms with van der Waals surface area (Å²) in [6, 6.07) is 6.05. The number of nitrogens with two attached hydrogens (primary N) is 1. The zero-order valence-electron chi connectivity index (χ0n) is 22.6. The summed E-state index contributed by atoms with van der Waals surface area (Å²) in [6.07, 6.45) is 5.03. The van der Waals surface area contributed by atoms with Gasteiger partial charge in [0.1, 0.15) is 11.4 Å². The summed E-state index contributed by atoms with van der Waals surface area (Å²) in [4.78, 5) is 32.6. The Morgan fingerprint density at radius 3 is 2.51 bits per heavy atom. The molecule has 198 valence electrons.